The van der Waals surface area contributed by atoms with E-state index >= 15 is 0 Å². The highest BCUT2D eigenvalue weighted by molar-refractivity contribution is 6.34. The molecule has 10 heteroatoms. The highest BCUT2D eigenvalue weighted by Gasteiger charge is 2.39. The van der Waals surface area contributed by atoms with Gasteiger partial charge in [-0.1, -0.05) is 11.6 Å². The predicted octanol–water partition coefficient (Wildman–Crippen LogP) is 3.64. The zero-order chi connectivity index (χ0) is 16.5. The van der Waals surface area contributed by atoms with Gasteiger partial charge in [-0.05, 0) is 19.4 Å². The molecule has 0 saturated heterocycles. The molecule has 0 aliphatic heterocycles. The number of hydrogen-bond donors (Lipinski definition) is 1. The number of alkyl halides is 3. The molecule has 0 aromatic heterocycles. The average molecular weight is 332 g/mol. The van der Waals surface area contributed by atoms with Crippen molar-refractivity contribution in [2.45, 2.75) is 20.0 Å². The number of rotatable bonds is 2. The van der Waals surface area contributed by atoms with Crippen LogP contribution >= 0.6 is 11.6 Å². The fourth-order valence-electron chi connectivity index (χ4n) is 1.61. The van der Waals surface area contributed by atoms with Crippen LogP contribution in [0.2, 0.25) is 5.02 Å². The van der Waals surface area contributed by atoms with Crippen LogP contribution in [0.1, 0.15) is 21.5 Å². The molecule has 0 bridgehead atoms. The maximum atomic E-state index is 13.8. The van der Waals surface area contributed by atoms with E-state index in [0.717, 1.165) is 13.8 Å². The van der Waals surface area contributed by atoms with E-state index in [-0.39, 0.29) is 5.56 Å². The molecule has 1 rings (SSSR count). The summed E-state index contributed by atoms with van der Waals surface area (Å²) >= 11 is 5.50. The van der Waals surface area contributed by atoms with Gasteiger partial charge in [0.1, 0.15) is 5.82 Å². The van der Waals surface area contributed by atoms with Gasteiger partial charge < -0.3 is 5.32 Å². The molecule has 0 atom stereocenters. The number of carbonyl (C=O) groups is 2. The van der Waals surface area contributed by atoms with Crippen molar-refractivity contribution in [1.29, 1.82) is 0 Å². The van der Waals surface area contributed by atoms with E-state index in [9.17, 15) is 31.7 Å². The zero-order valence-electron chi connectivity index (χ0n) is 10.5. The highest BCUT2D eigenvalue weighted by Crippen LogP contribution is 2.35. The van der Waals surface area contributed by atoms with Crippen LogP contribution in [-0.4, -0.2) is 18.1 Å². The molecule has 0 heterocycles. The van der Waals surface area contributed by atoms with Crippen LogP contribution in [0, 0.1) is 19.7 Å². The van der Waals surface area contributed by atoms with Crippen LogP contribution in [0.3, 0.4) is 0 Å². The molecule has 21 heavy (non-hydrogen) atoms. The second-order valence-electron chi connectivity index (χ2n) is 3.94. The van der Waals surface area contributed by atoms with Gasteiger partial charge in [0.05, 0.1) is 16.3 Å². The Kier molecular flexibility index (Phi) is 4.77. The quantitative estimate of drug-likeness (QED) is 0.842. The molecule has 0 unspecified atom stereocenters. The normalized spacial score (nSPS) is 11.2. The minimum Gasteiger partial charge on any atom is -0.318 e. The van der Waals surface area contributed by atoms with Gasteiger partial charge in [-0.25, -0.2) is 14.1 Å². The molecule has 0 aliphatic carbocycles. The zero-order valence-corrected chi connectivity index (χ0v) is 11.2. The Morgan fingerprint density at radius 2 is 1.71 bits per heavy atom. The summed E-state index contributed by atoms with van der Waals surface area (Å²) in [5.41, 5.74) is -2.26. The maximum Gasteiger partial charge on any atom is 0.471 e. The summed E-state index contributed by atoms with van der Waals surface area (Å²) in [6.45, 7) is 2.08. The van der Waals surface area contributed by atoms with E-state index in [1.807, 2.05) is 0 Å². The van der Waals surface area contributed by atoms with Crippen LogP contribution in [0.25, 0.3) is 0 Å². The molecule has 0 fully saturated rings. The molecule has 1 aromatic rings. The van der Waals surface area contributed by atoms with Crippen molar-refractivity contribution in [3.8, 4) is 0 Å². The van der Waals surface area contributed by atoms with Gasteiger partial charge in [0.15, 0.2) is 0 Å². The minimum atomic E-state index is -5.23. The van der Waals surface area contributed by atoms with E-state index < -0.39 is 45.7 Å². The van der Waals surface area contributed by atoms with Crippen molar-refractivity contribution in [3.63, 3.8) is 0 Å². The Morgan fingerprint density at radius 3 is 2.14 bits per heavy atom. The standard InChI is InChI=1S/C11H7ClF5NO3/c1-3-5(9(19)21-17)6(12)7(13)4(2)8(3)18-10(20)11(14,15)16/h1-2H3,(H,18,20). The second-order valence-corrected chi connectivity index (χ2v) is 4.32. The van der Waals surface area contributed by atoms with E-state index in [1.165, 1.54) is 5.32 Å². The number of hydrogen-bond acceptors (Lipinski definition) is 3. The first-order chi connectivity index (χ1) is 9.52. The van der Waals surface area contributed by atoms with Crippen molar-refractivity contribution in [3.05, 3.63) is 27.5 Å². The molecule has 0 spiro atoms. The number of benzene rings is 1. The van der Waals surface area contributed by atoms with Crippen LogP contribution in [0.4, 0.5) is 27.8 Å². The lowest BCUT2D eigenvalue weighted by Crippen LogP contribution is -2.31. The largest absolute Gasteiger partial charge is 0.471 e. The Morgan fingerprint density at radius 1 is 1.19 bits per heavy atom. The van der Waals surface area contributed by atoms with Gasteiger partial charge in [-0.15, -0.1) is 0 Å². The Balaban J connectivity index is 3.50. The minimum absolute atomic E-state index is 0.362. The molecular weight excluding hydrogens is 325 g/mol. The molecule has 1 N–H and O–H groups in total. The monoisotopic (exact) mass is 331 g/mol. The summed E-state index contributed by atoms with van der Waals surface area (Å²) in [5.74, 6) is -5.35. The Labute approximate surface area is 119 Å². The summed E-state index contributed by atoms with van der Waals surface area (Å²) in [6.07, 6.45) is -5.23. The molecule has 116 valence electrons. The first kappa shape index (κ1) is 17.2. The summed E-state index contributed by atoms with van der Waals surface area (Å²) in [7, 11) is 0. The number of amides is 1. The number of nitrogens with one attached hydrogen (secondary N) is 1. The first-order valence-corrected chi connectivity index (χ1v) is 5.59. The average Bonchev–Trinajstić information content (AvgIpc) is 2.39. The third-order valence-corrected chi connectivity index (χ3v) is 2.99. The topological polar surface area (TPSA) is 55.4 Å². The van der Waals surface area contributed by atoms with Crippen molar-refractivity contribution in [1.82, 2.24) is 0 Å². The van der Waals surface area contributed by atoms with E-state index in [4.69, 9.17) is 11.6 Å². The van der Waals surface area contributed by atoms with Gasteiger partial charge in [-0.2, -0.15) is 13.2 Å². The molecule has 0 aliphatic rings. The van der Waals surface area contributed by atoms with Gasteiger partial charge in [-0.3, -0.25) is 4.79 Å². The second kappa shape index (κ2) is 5.84. The Bertz CT molecular complexity index is 615. The number of anilines is 1. The first-order valence-electron chi connectivity index (χ1n) is 5.21. The lowest BCUT2D eigenvalue weighted by Gasteiger charge is -2.17. The van der Waals surface area contributed by atoms with Crippen LogP contribution < -0.4 is 5.32 Å². The lowest BCUT2D eigenvalue weighted by molar-refractivity contribution is -0.167. The summed E-state index contributed by atoms with van der Waals surface area (Å²) in [5, 5.41) is 0.591. The van der Waals surface area contributed by atoms with Crippen molar-refractivity contribution >= 4 is 29.2 Å². The van der Waals surface area contributed by atoms with Crippen molar-refractivity contribution in [2.24, 2.45) is 0 Å². The Hall–Kier alpha value is -1.90. The van der Waals surface area contributed by atoms with Crippen LogP contribution in [0.5, 0.6) is 0 Å². The van der Waals surface area contributed by atoms with Gasteiger partial charge >= 0.3 is 18.1 Å². The molecule has 4 nitrogen and oxygen atoms in total. The highest BCUT2D eigenvalue weighted by atomic mass is 35.5. The molecular formula is C11H7ClF5NO3. The molecule has 0 radical (unpaired) electrons. The van der Waals surface area contributed by atoms with Crippen molar-refractivity contribution in [2.75, 3.05) is 5.32 Å². The molecule has 1 amide bonds. The van der Waals surface area contributed by atoms with E-state index in [2.05, 4.69) is 4.94 Å². The SMILES string of the molecule is Cc1c(F)c(Cl)c(C(=O)OF)c(C)c1NC(=O)C(F)(F)F. The fourth-order valence-corrected chi connectivity index (χ4v) is 1.97. The fraction of sp³-hybridized carbons (Fsp3) is 0.273. The number of carbonyl (C=O) groups excluding carboxylic acids is 2. The molecule has 1 aromatic carbocycles. The summed E-state index contributed by atoms with van der Waals surface area (Å²) < 4.78 is 62.4. The third kappa shape index (κ3) is 3.23. The summed E-state index contributed by atoms with van der Waals surface area (Å²) in [6, 6.07) is 0. The van der Waals surface area contributed by atoms with Crippen LogP contribution in [-0.2, 0) is 9.74 Å². The predicted molar refractivity (Wildman–Crippen MR) is 62.1 cm³/mol. The van der Waals surface area contributed by atoms with Gasteiger partial charge in [0, 0.05) is 10.1 Å². The van der Waals surface area contributed by atoms with Gasteiger partial charge in [0.25, 0.3) is 0 Å². The maximum absolute atomic E-state index is 13.8. The van der Waals surface area contributed by atoms with Crippen molar-refractivity contribution < 1.29 is 36.6 Å². The lowest BCUT2D eigenvalue weighted by atomic mass is 10.0. The summed E-state index contributed by atoms with van der Waals surface area (Å²) in [4.78, 5) is 25.0. The van der Waals surface area contributed by atoms with E-state index in [0.29, 0.717) is 0 Å². The number of halogens is 6. The van der Waals surface area contributed by atoms with E-state index in [1.54, 1.807) is 0 Å². The molecule has 0 saturated carbocycles. The van der Waals surface area contributed by atoms with Crippen LogP contribution in [0.15, 0.2) is 0 Å². The smallest absolute Gasteiger partial charge is 0.318 e. The third-order valence-electron chi connectivity index (χ3n) is 2.64. The van der Waals surface area contributed by atoms with Gasteiger partial charge in [0.2, 0.25) is 0 Å².